The molecule has 0 spiro atoms. The van der Waals surface area contributed by atoms with Crippen LogP contribution in [0.2, 0.25) is 0 Å². The van der Waals surface area contributed by atoms with Gasteiger partial charge in [-0.2, -0.15) is 0 Å². The van der Waals surface area contributed by atoms with Gasteiger partial charge in [0.1, 0.15) is 0 Å². The molecular formula is C18H27N3O. The summed E-state index contributed by atoms with van der Waals surface area (Å²) in [4.78, 5) is 19.3. The molecule has 120 valence electrons. The Balaban J connectivity index is 1.53. The lowest BCUT2D eigenvalue weighted by molar-refractivity contribution is -0.127. The molecule has 0 saturated carbocycles. The number of likely N-dealkylation sites (tertiary alicyclic amines) is 1. The molecule has 1 fully saturated rings. The van der Waals surface area contributed by atoms with Crippen LogP contribution in [0.3, 0.4) is 0 Å². The maximum Gasteiger partial charge on any atom is 0.224 e. The smallest absolute Gasteiger partial charge is 0.224 e. The minimum absolute atomic E-state index is 0.138. The Morgan fingerprint density at radius 3 is 3.09 bits per heavy atom. The Hall–Kier alpha value is -1.42. The summed E-state index contributed by atoms with van der Waals surface area (Å²) in [5.41, 5.74) is 3.75. The molecular weight excluding hydrogens is 274 g/mol. The highest BCUT2D eigenvalue weighted by molar-refractivity contribution is 5.79. The second-order valence-corrected chi connectivity index (χ2v) is 6.95. The van der Waals surface area contributed by atoms with Gasteiger partial charge in [0.25, 0.3) is 0 Å². The topological polar surface area (TPSA) is 45.2 Å². The second-order valence-electron chi connectivity index (χ2n) is 6.95. The number of carbonyl (C=O) groups excluding carboxylic acids is 1. The predicted octanol–water partition coefficient (Wildman–Crippen LogP) is 2.31. The average Bonchev–Trinajstić information content (AvgIpc) is 3.00. The standard InChI is InChI=1S/C18H27N3O/c1-13(2)21-8-4-6-16(12-21)18(22)20-11-14-9-15-5-3-7-17(15)19-10-14/h9-10,13,16H,3-8,11-12H2,1-2H3,(H,20,22)/t16-/m1/s1. The van der Waals surface area contributed by atoms with Gasteiger partial charge in [-0.3, -0.25) is 9.78 Å². The van der Waals surface area contributed by atoms with Gasteiger partial charge in [-0.05, 0) is 63.6 Å². The molecule has 1 atom stereocenters. The van der Waals surface area contributed by atoms with Crippen molar-refractivity contribution in [3.8, 4) is 0 Å². The van der Waals surface area contributed by atoms with Crippen LogP contribution in [0.5, 0.6) is 0 Å². The highest BCUT2D eigenvalue weighted by Crippen LogP contribution is 2.21. The lowest BCUT2D eigenvalue weighted by atomic mass is 9.96. The first-order valence-electron chi connectivity index (χ1n) is 8.62. The van der Waals surface area contributed by atoms with Gasteiger partial charge in [-0.15, -0.1) is 0 Å². The van der Waals surface area contributed by atoms with Crippen molar-refractivity contribution < 1.29 is 4.79 Å². The van der Waals surface area contributed by atoms with Crippen molar-refractivity contribution in [1.29, 1.82) is 0 Å². The second kappa shape index (κ2) is 6.78. The van der Waals surface area contributed by atoms with Crippen molar-refractivity contribution in [2.45, 2.75) is 58.5 Å². The number of amides is 1. The Bertz CT molecular complexity index is 541. The molecule has 1 amide bonds. The number of nitrogens with zero attached hydrogens (tertiary/aromatic N) is 2. The van der Waals surface area contributed by atoms with E-state index in [2.05, 4.69) is 35.1 Å². The van der Waals surface area contributed by atoms with E-state index in [1.807, 2.05) is 6.20 Å². The fourth-order valence-corrected chi connectivity index (χ4v) is 3.60. The number of fused-ring (bicyclic) bond motifs is 1. The van der Waals surface area contributed by atoms with Crippen molar-refractivity contribution in [3.05, 3.63) is 29.1 Å². The van der Waals surface area contributed by atoms with Crippen molar-refractivity contribution in [2.75, 3.05) is 13.1 Å². The molecule has 2 aliphatic rings. The van der Waals surface area contributed by atoms with Crippen LogP contribution in [0.4, 0.5) is 0 Å². The van der Waals surface area contributed by atoms with Gasteiger partial charge in [0, 0.05) is 31.0 Å². The fraction of sp³-hybridized carbons (Fsp3) is 0.667. The first-order chi connectivity index (χ1) is 10.6. The van der Waals surface area contributed by atoms with E-state index in [1.165, 1.54) is 17.7 Å². The highest BCUT2D eigenvalue weighted by Gasteiger charge is 2.26. The number of pyridine rings is 1. The Kier molecular flexibility index (Phi) is 4.77. The maximum absolute atomic E-state index is 12.4. The number of carbonyl (C=O) groups is 1. The van der Waals surface area contributed by atoms with Crippen LogP contribution in [0.15, 0.2) is 12.3 Å². The number of hydrogen-bond acceptors (Lipinski definition) is 3. The summed E-state index contributed by atoms with van der Waals surface area (Å²) in [7, 11) is 0. The number of piperidine rings is 1. The number of aromatic nitrogens is 1. The van der Waals surface area contributed by atoms with Crippen LogP contribution in [-0.4, -0.2) is 34.9 Å². The summed E-state index contributed by atoms with van der Waals surface area (Å²) in [6.07, 6.45) is 7.51. The zero-order valence-electron chi connectivity index (χ0n) is 13.8. The van der Waals surface area contributed by atoms with Crippen LogP contribution in [0.25, 0.3) is 0 Å². The maximum atomic E-state index is 12.4. The number of hydrogen-bond donors (Lipinski definition) is 1. The molecule has 1 aromatic rings. The summed E-state index contributed by atoms with van der Waals surface area (Å²) < 4.78 is 0. The zero-order valence-corrected chi connectivity index (χ0v) is 13.8. The lowest BCUT2D eigenvalue weighted by Crippen LogP contribution is -2.45. The van der Waals surface area contributed by atoms with E-state index in [-0.39, 0.29) is 11.8 Å². The van der Waals surface area contributed by atoms with Gasteiger partial charge in [-0.25, -0.2) is 0 Å². The van der Waals surface area contributed by atoms with Crippen molar-refractivity contribution >= 4 is 5.91 Å². The number of nitrogens with one attached hydrogen (secondary N) is 1. The quantitative estimate of drug-likeness (QED) is 0.928. The Labute approximate surface area is 133 Å². The first-order valence-corrected chi connectivity index (χ1v) is 8.62. The van der Waals surface area contributed by atoms with Crippen molar-refractivity contribution in [2.24, 2.45) is 5.92 Å². The van der Waals surface area contributed by atoms with E-state index in [9.17, 15) is 4.79 Å². The fourth-order valence-electron chi connectivity index (χ4n) is 3.60. The van der Waals surface area contributed by atoms with Gasteiger partial charge in [0.05, 0.1) is 5.92 Å². The third-order valence-electron chi connectivity index (χ3n) is 5.00. The van der Waals surface area contributed by atoms with Crippen LogP contribution >= 0.6 is 0 Å². The molecule has 0 bridgehead atoms. The average molecular weight is 301 g/mol. The molecule has 4 heteroatoms. The highest BCUT2D eigenvalue weighted by atomic mass is 16.1. The zero-order chi connectivity index (χ0) is 15.5. The molecule has 2 heterocycles. The molecule has 0 radical (unpaired) electrons. The van der Waals surface area contributed by atoms with Crippen molar-refractivity contribution in [1.82, 2.24) is 15.2 Å². The monoisotopic (exact) mass is 301 g/mol. The van der Waals surface area contributed by atoms with Gasteiger partial charge < -0.3 is 10.2 Å². The summed E-state index contributed by atoms with van der Waals surface area (Å²) in [6, 6.07) is 2.74. The lowest BCUT2D eigenvalue weighted by Gasteiger charge is -2.34. The SMILES string of the molecule is CC(C)N1CCC[C@@H](C(=O)NCc2cnc3c(c2)CCC3)C1. The summed E-state index contributed by atoms with van der Waals surface area (Å²) >= 11 is 0. The van der Waals surface area contributed by atoms with E-state index < -0.39 is 0 Å². The van der Waals surface area contributed by atoms with Gasteiger partial charge in [-0.1, -0.05) is 6.07 Å². The molecule has 4 nitrogen and oxygen atoms in total. The van der Waals surface area contributed by atoms with Crippen LogP contribution < -0.4 is 5.32 Å². The molecule has 1 aliphatic carbocycles. The van der Waals surface area contributed by atoms with Crippen LogP contribution in [0, 0.1) is 5.92 Å². The van der Waals surface area contributed by atoms with Gasteiger partial charge >= 0.3 is 0 Å². The number of rotatable bonds is 4. The van der Waals surface area contributed by atoms with Gasteiger partial charge in [0.15, 0.2) is 0 Å². The molecule has 1 saturated heterocycles. The van der Waals surface area contributed by atoms with Crippen LogP contribution in [0.1, 0.15) is 49.9 Å². The molecule has 3 rings (SSSR count). The van der Waals surface area contributed by atoms with E-state index in [0.717, 1.165) is 44.3 Å². The minimum atomic E-state index is 0.138. The molecule has 0 unspecified atom stereocenters. The largest absolute Gasteiger partial charge is 0.352 e. The van der Waals surface area contributed by atoms with E-state index >= 15 is 0 Å². The van der Waals surface area contributed by atoms with E-state index in [0.29, 0.717) is 12.6 Å². The molecule has 0 aromatic carbocycles. The van der Waals surface area contributed by atoms with Crippen LogP contribution in [-0.2, 0) is 24.2 Å². The third kappa shape index (κ3) is 3.49. The molecule has 22 heavy (non-hydrogen) atoms. The normalized spacial score (nSPS) is 21.9. The summed E-state index contributed by atoms with van der Waals surface area (Å²) in [5, 5.41) is 3.11. The Morgan fingerprint density at radius 1 is 1.41 bits per heavy atom. The number of aryl methyl sites for hydroxylation is 2. The Morgan fingerprint density at radius 2 is 2.27 bits per heavy atom. The van der Waals surface area contributed by atoms with Gasteiger partial charge in [0.2, 0.25) is 5.91 Å². The predicted molar refractivity (Wildman–Crippen MR) is 87.5 cm³/mol. The van der Waals surface area contributed by atoms with E-state index in [4.69, 9.17) is 0 Å². The minimum Gasteiger partial charge on any atom is -0.352 e. The summed E-state index contributed by atoms with van der Waals surface area (Å²) in [6.45, 7) is 7.03. The summed E-state index contributed by atoms with van der Waals surface area (Å²) in [5.74, 6) is 0.337. The first kappa shape index (κ1) is 15.5. The molecule has 1 aliphatic heterocycles. The third-order valence-corrected chi connectivity index (χ3v) is 5.00. The van der Waals surface area contributed by atoms with Crippen molar-refractivity contribution in [3.63, 3.8) is 0 Å². The van der Waals surface area contributed by atoms with E-state index in [1.54, 1.807) is 0 Å². The molecule has 1 aromatic heterocycles. The molecule has 1 N–H and O–H groups in total.